The van der Waals surface area contributed by atoms with Crippen molar-refractivity contribution in [3.8, 4) is 0 Å². The van der Waals surface area contributed by atoms with Crippen LogP contribution in [0, 0.1) is 6.92 Å². The summed E-state index contributed by atoms with van der Waals surface area (Å²) in [6, 6.07) is 7.47. The van der Waals surface area contributed by atoms with Crippen molar-refractivity contribution in [2.75, 3.05) is 13.1 Å². The largest absolute Gasteiger partial charge is 0.472 e. The van der Waals surface area contributed by atoms with E-state index in [9.17, 15) is 22.8 Å². The van der Waals surface area contributed by atoms with Crippen molar-refractivity contribution < 1.29 is 18.0 Å². The molecule has 2 aromatic rings. The number of carbonyl (C=O) groups is 1. The highest BCUT2D eigenvalue weighted by molar-refractivity contribution is 5.85. The van der Waals surface area contributed by atoms with Crippen molar-refractivity contribution in [3.05, 3.63) is 45.9 Å². The summed E-state index contributed by atoms with van der Waals surface area (Å²) in [5, 5.41) is 2.78. The number of H-pyrrole nitrogens is 1. The van der Waals surface area contributed by atoms with E-state index in [0.29, 0.717) is 31.3 Å². The summed E-state index contributed by atoms with van der Waals surface area (Å²) in [5.41, 5.74) is 3.50. The molecule has 1 aliphatic rings. The number of rotatable bonds is 2. The Morgan fingerprint density at radius 2 is 1.92 bits per heavy atom. The zero-order chi connectivity index (χ0) is 18.2. The number of amides is 1. The first-order chi connectivity index (χ1) is 11.8. The summed E-state index contributed by atoms with van der Waals surface area (Å²) in [6.07, 6.45) is -3.80. The number of hydrogen-bond donors (Lipinski definition) is 2. The van der Waals surface area contributed by atoms with E-state index in [0.717, 1.165) is 16.6 Å². The number of aromatic amines is 1. The van der Waals surface area contributed by atoms with E-state index in [4.69, 9.17) is 0 Å². The molecule has 2 N–H and O–H groups in total. The summed E-state index contributed by atoms with van der Waals surface area (Å²) >= 11 is 0. The van der Waals surface area contributed by atoms with Gasteiger partial charge >= 0.3 is 12.1 Å². The molecule has 1 saturated heterocycles. The number of nitrogens with zero attached hydrogens (tertiary/aromatic N) is 1. The molecule has 0 aliphatic carbocycles. The molecular weight excluding hydrogens is 335 g/mol. The number of hydrogen-bond acceptors (Lipinski definition) is 3. The number of piperidine rings is 1. The molecule has 8 heteroatoms. The van der Waals surface area contributed by atoms with Gasteiger partial charge in [0.15, 0.2) is 0 Å². The third-order valence-corrected chi connectivity index (χ3v) is 4.58. The Morgan fingerprint density at radius 3 is 2.56 bits per heavy atom. The molecule has 1 amide bonds. The Labute approximate surface area is 141 Å². The number of halogens is 3. The molecule has 25 heavy (non-hydrogen) atoms. The third-order valence-electron chi connectivity index (χ3n) is 4.58. The van der Waals surface area contributed by atoms with Gasteiger partial charge in [-0.15, -0.1) is 0 Å². The Balaban J connectivity index is 1.73. The zero-order valence-electron chi connectivity index (χ0n) is 13.6. The molecule has 5 nitrogen and oxygen atoms in total. The van der Waals surface area contributed by atoms with E-state index in [2.05, 4.69) is 4.98 Å². The van der Waals surface area contributed by atoms with Crippen LogP contribution in [0.4, 0.5) is 13.2 Å². The summed E-state index contributed by atoms with van der Waals surface area (Å²) in [4.78, 5) is 26.1. The first-order valence-electron chi connectivity index (χ1n) is 8.01. The van der Waals surface area contributed by atoms with Gasteiger partial charge in [0.25, 0.3) is 5.56 Å². The van der Waals surface area contributed by atoms with Crippen molar-refractivity contribution in [1.29, 1.82) is 0 Å². The van der Waals surface area contributed by atoms with Crippen LogP contribution in [0.1, 0.15) is 30.0 Å². The lowest BCUT2D eigenvalue weighted by Crippen LogP contribution is -2.50. The Bertz CT molecular complexity index is 852. The molecule has 134 valence electrons. The van der Waals surface area contributed by atoms with E-state index in [1.807, 2.05) is 30.5 Å². The number of benzene rings is 1. The second-order valence-electron chi connectivity index (χ2n) is 6.29. The van der Waals surface area contributed by atoms with Crippen LogP contribution in [0.25, 0.3) is 10.8 Å². The second kappa shape index (κ2) is 6.51. The van der Waals surface area contributed by atoms with Crippen LogP contribution in [-0.2, 0) is 4.79 Å². The van der Waals surface area contributed by atoms with Crippen molar-refractivity contribution in [1.82, 2.24) is 15.4 Å². The fourth-order valence-corrected chi connectivity index (χ4v) is 3.19. The molecule has 0 unspecified atom stereocenters. The average molecular weight is 353 g/mol. The van der Waals surface area contributed by atoms with E-state index in [-0.39, 0.29) is 11.5 Å². The smallest absolute Gasteiger partial charge is 0.325 e. The molecule has 1 aromatic heterocycles. The maximum atomic E-state index is 12.3. The number of aryl methyl sites for hydroxylation is 1. The topological polar surface area (TPSA) is 65.2 Å². The van der Waals surface area contributed by atoms with E-state index >= 15 is 0 Å². The molecule has 1 fully saturated rings. The highest BCUT2D eigenvalue weighted by Crippen LogP contribution is 2.28. The monoisotopic (exact) mass is 353 g/mol. The number of hydrazine groups is 1. The predicted molar refractivity (Wildman–Crippen MR) is 87.1 cm³/mol. The van der Waals surface area contributed by atoms with Crippen LogP contribution in [-0.4, -0.2) is 35.2 Å². The Morgan fingerprint density at radius 1 is 1.24 bits per heavy atom. The highest BCUT2D eigenvalue weighted by atomic mass is 19.4. The fraction of sp³-hybridized carbons (Fsp3) is 0.412. The van der Waals surface area contributed by atoms with Crippen LogP contribution >= 0.6 is 0 Å². The van der Waals surface area contributed by atoms with Gasteiger partial charge in [0.1, 0.15) is 0 Å². The maximum Gasteiger partial charge on any atom is 0.472 e. The first kappa shape index (κ1) is 17.5. The van der Waals surface area contributed by atoms with Gasteiger partial charge in [0, 0.05) is 30.1 Å². The molecule has 1 aromatic carbocycles. The minimum Gasteiger partial charge on any atom is -0.325 e. The summed E-state index contributed by atoms with van der Waals surface area (Å²) in [7, 11) is 0. The lowest BCUT2D eigenvalue weighted by atomic mass is 9.92. The van der Waals surface area contributed by atoms with Crippen LogP contribution < -0.4 is 11.0 Å². The normalized spacial score (nSPS) is 17.0. The number of pyridine rings is 1. The number of nitrogens with one attached hydrogen (secondary N) is 2. The molecule has 2 heterocycles. The van der Waals surface area contributed by atoms with Crippen molar-refractivity contribution in [2.24, 2.45) is 0 Å². The SMILES string of the molecule is Cc1cccc2c(=O)[nH]c(C3CCN(NC(=O)C(F)(F)F)CC3)cc12. The van der Waals surface area contributed by atoms with Gasteiger partial charge < -0.3 is 4.98 Å². The lowest BCUT2D eigenvalue weighted by Gasteiger charge is -2.32. The molecular formula is C17H18F3N3O2. The van der Waals surface area contributed by atoms with Crippen molar-refractivity contribution in [2.45, 2.75) is 31.9 Å². The van der Waals surface area contributed by atoms with Gasteiger partial charge in [-0.2, -0.15) is 13.2 Å². The maximum absolute atomic E-state index is 12.3. The van der Waals surface area contributed by atoms with E-state index < -0.39 is 12.1 Å². The zero-order valence-corrected chi connectivity index (χ0v) is 13.6. The minimum absolute atomic E-state index is 0.0377. The minimum atomic E-state index is -4.89. The number of carbonyl (C=O) groups excluding carboxylic acids is 1. The third kappa shape index (κ3) is 3.68. The summed E-state index contributed by atoms with van der Waals surface area (Å²) in [6.45, 7) is 2.52. The molecule has 3 rings (SSSR count). The van der Waals surface area contributed by atoms with Gasteiger partial charge in [-0.25, -0.2) is 5.01 Å². The molecule has 0 atom stereocenters. The van der Waals surface area contributed by atoms with Gasteiger partial charge in [-0.1, -0.05) is 12.1 Å². The van der Waals surface area contributed by atoms with Crippen molar-refractivity contribution >= 4 is 16.7 Å². The molecule has 1 aliphatic heterocycles. The molecule has 0 saturated carbocycles. The van der Waals surface area contributed by atoms with Gasteiger partial charge in [-0.05, 0) is 42.8 Å². The number of aromatic nitrogens is 1. The highest BCUT2D eigenvalue weighted by Gasteiger charge is 2.40. The predicted octanol–water partition coefficient (Wildman–Crippen LogP) is 2.61. The number of fused-ring (bicyclic) bond motifs is 1. The van der Waals surface area contributed by atoms with E-state index in [1.165, 1.54) is 5.01 Å². The van der Waals surface area contributed by atoms with Crippen LogP contribution in [0.3, 0.4) is 0 Å². The van der Waals surface area contributed by atoms with Gasteiger partial charge in [-0.3, -0.25) is 15.0 Å². The quantitative estimate of drug-likeness (QED) is 0.872. The fourth-order valence-electron chi connectivity index (χ4n) is 3.19. The van der Waals surface area contributed by atoms with Gasteiger partial charge in [0.05, 0.1) is 0 Å². The summed E-state index contributed by atoms with van der Waals surface area (Å²) in [5.74, 6) is -1.92. The van der Waals surface area contributed by atoms with Crippen LogP contribution in [0.5, 0.6) is 0 Å². The molecule has 0 spiro atoms. The molecule has 0 radical (unpaired) electrons. The number of alkyl halides is 3. The van der Waals surface area contributed by atoms with E-state index in [1.54, 1.807) is 6.07 Å². The first-order valence-corrected chi connectivity index (χ1v) is 8.01. The van der Waals surface area contributed by atoms with Crippen LogP contribution in [0.15, 0.2) is 29.1 Å². The average Bonchev–Trinajstić information content (AvgIpc) is 2.55. The second-order valence-corrected chi connectivity index (χ2v) is 6.29. The standard InChI is InChI=1S/C17H18F3N3O2/c1-10-3-2-4-12-13(10)9-14(21-15(12)24)11-5-7-23(8-6-11)22-16(25)17(18,19)20/h2-4,9,11H,5-8H2,1H3,(H,21,24)(H,22,25). The van der Waals surface area contributed by atoms with Gasteiger partial charge in [0.2, 0.25) is 0 Å². The Hall–Kier alpha value is -2.35. The molecule has 0 bridgehead atoms. The summed E-state index contributed by atoms with van der Waals surface area (Å²) < 4.78 is 36.9. The van der Waals surface area contributed by atoms with Crippen molar-refractivity contribution in [3.63, 3.8) is 0 Å². The Kier molecular flexibility index (Phi) is 4.55. The lowest BCUT2D eigenvalue weighted by molar-refractivity contribution is -0.179. The van der Waals surface area contributed by atoms with Crippen LogP contribution in [0.2, 0.25) is 0 Å².